The van der Waals surface area contributed by atoms with Crippen molar-refractivity contribution in [2.24, 2.45) is 0 Å². The first-order valence-corrected chi connectivity index (χ1v) is 8.96. The molecule has 1 unspecified atom stereocenters. The highest BCUT2D eigenvalue weighted by Gasteiger charge is 2.27. The normalized spacial score (nSPS) is 17.2. The van der Waals surface area contributed by atoms with Crippen molar-refractivity contribution in [3.05, 3.63) is 42.4 Å². The molecular formula is C16H18N2O5S. The summed E-state index contributed by atoms with van der Waals surface area (Å²) in [5.74, 6) is 0.845. The van der Waals surface area contributed by atoms with Crippen molar-refractivity contribution in [3.63, 3.8) is 0 Å². The van der Waals surface area contributed by atoms with Gasteiger partial charge in [0.15, 0.2) is 0 Å². The molecule has 1 aromatic heterocycles. The van der Waals surface area contributed by atoms with Gasteiger partial charge in [-0.05, 0) is 37.3 Å². The molecule has 2 aromatic rings. The number of hydrogen-bond acceptors (Lipinski definition) is 5. The van der Waals surface area contributed by atoms with Crippen LogP contribution in [0.2, 0.25) is 0 Å². The molecular weight excluding hydrogens is 332 g/mol. The van der Waals surface area contributed by atoms with Crippen LogP contribution >= 0.6 is 0 Å². The molecule has 0 saturated carbocycles. The fraction of sp³-hybridized carbons (Fsp3) is 0.312. The number of benzene rings is 1. The molecule has 0 radical (unpaired) electrons. The summed E-state index contributed by atoms with van der Waals surface area (Å²) in [5, 5.41) is 0. The number of amides is 1. The van der Waals surface area contributed by atoms with Gasteiger partial charge in [0.2, 0.25) is 15.9 Å². The quantitative estimate of drug-likeness (QED) is 0.910. The SMILES string of the molecule is CC(=O)N1CC(C)Oc2ccc(S(=O)(=O)NCc3ccco3)cc21. The van der Waals surface area contributed by atoms with Crippen LogP contribution in [-0.2, 0) is 21.4 Å². The summed E-state index contributed by atoms with van der Waals surface area (Å²) < 4.78 is 38.2. The number of rotatable bonds is 4. The molecule has 1 aliphatic heterocycles. The molecule has 8 heteroatoms. The van der Waals surface area contributed by atoms with Gasteiger partial charge in [-0.25, -0.2) is 13.1 Å². The second kappa shape index (κ2) is 6.29. The van der Waals surface area contributed by atoms with Crippen LogP contribution in [0.25, 0.3) is 0 Å². The average Bonchev–Trinajstić information content (AvgIpc) is 3.05. The monoisotopic (exact) mass is 350 g/mol. The first-order valence-electron chi connectivity index (χ1n) is 7.47. The van der Waals surface area contributed by atoms with Crippen molar-refractivity contribution in [3.8, 4) is 5.75 Å². The van der Waals surface area contributed by atoms with Crippen LogP contribution in [0.5, 0.6) is 5.75 Å². The van der Waals surface area contributed by atoms with E-state index in [2.05, 4.69) is 4.72 Å². The summed E-state index contributed by atoms with van der Waals surface area (Å²) in [6.07, 6.45) is 1.33. The Bertz CT molecular complexity index is 845. The van der Waals surface area contributed by atoms with E-state index in [-0.39, 0.29) is 23.5 Å². The minimum Gasteiger partial charge on any atom is -0.487 e. The molecule has 0 bridgehead atoms. The number of furan rings is 1. The number of sulfonamides is 1. The van der Waals surface area contributed by atoms with Crippen molar-refractivity contribution >= 4 is 21.6 Å². The highest BCUT2D eigenvalue weighted by molar-refractivity contribution is 7.89. The molecule has 24 heavy (non-hydrogen) atoms. The van der Waals surface area contributed by atoms with Gasteiger partial charge in [-0.1, -0.05) is 0 Å². The van der Waals surface area contributed by atoms with Crippen LogP contribution in [-0.4, -0.2) is 27.0 Å². The summed E-state index contributed by atoms with van der Waals surface area (Å²) in [5.41, 5.74) is 0.460. The number of nitrogens with one attached hydrogen (secondary N) is 1. The van der Waals surface area contributed by atoms with E-state index in [0.717, 1.165) is 0 Å². The lowest BCUT2D eigenvalue weighted by Gasteiger charge is -2.33. The second-order valence-corrected chi connectivity index (χ2v) is 7.36. The first-order chi connectivity index (χ1) is 11.4. The van der Waals surface area contributed by atoms with Crippen molar-refractivity contribution in [1.29, 1.82) is 0 Å². The molecule has 2 heterocycles. The molecule has 1 atom stereocenters. The summed E-state index contributed by atoms with van der Waals surface area (Å²) in [6.45, 7) is 3.73. The zero-order chi connectivity index (χ0) is 17.3. The van der Waals surface area contributed by atoms with E-state index in [1.54, 1.807) is 18.2 Å². The standard InChI is InChI=1S/C16H18N2O5S/c1-11-10-18(12(2)19)15-8-14(5-6-16(15)23-11)24(20,21)17-9-13-4-3-7-22-13/h3-8,11,17H,9-10H2,1-2H3. The maximum Gasteiger partial charge on any atom is 0.241 e. The van der Waals surface area contributed by atoms with E-state index in [1.165, 1.54) is 30.2 Å². The zero-order valence-electron chi connectivity index (χ0n) is 13.4. The smallest absolute Gasteiger partial charge is 0.241 e. The van der Waals surface area contributed by atoms with Gasteiger partial charge in [0.1, 0.15) is 17.6 Å². The molecule has 0 aliphatic carbocycles. The van der Waals surface area contributed by atoms with Gasteiger partial charge in [0, 0.05) is 6.92 Å². The van der Waals surface area contributed by atoms with Gasteiger partial charge in [-0.3, -0.25) is 4.79 Å². The fourth-order valence-electron chi connectivity index (χ4n) is 2.55. The number of carbonyl (C=O) groups is 1. The summed E-state index contributed by atoms with van der Waals surface area (Å²) in [7, 11) is -3.74. The summed E-state index contributed by atoms with van der Waals surface area (Å²) in [6, 6.07) is 7.85. The second-order valence-electron chi connectivity index (χ2n) is 5.59. The van der Waals surface area contributed by atoms with Crippen molar-refractivity contribution < 1.29 is 22.4 Å². The van der Waals surface area contributed by atoms with E-state index < -0.39 is 10.0 Å². The van der Waals surface area contributed by atoms with Gasteiger partial charge in [0.25, 0.3) is 0 Å². The van der Waals surface area contributed by atoms with Crippen molar-refractivity contribution in [1.82, 2.24) is 4.72 Å². The van der Waals surface area contributed by atoms with Crippen LogP contribution in [0.3, 0.4) is 0 Å². The predicted molar refractivity (Wildman–Crippen MR) is 87.3 cm³/mol. The van der Waals surface area contributed by atoms with Gasteiger partial charge >= 0.3 is 0 Å². The van der Waals surface area contributed by atoms with Gasteiger partial charge in [-0.15, -0.1) is 0 Å². The Morgan fingerprint density at radius 1 is 1.38 bits per heavy atom. The molecule has 3 rings (SSSR count). The minimum atomic E-state index is -3.74. The third kappa shape index (κ3) is 3.29. The highest BCUT2D eigenvalue weighted by atomic mass is 32.2. The maximum absolute atomic E-state index is 12.5. The minimum absolute atomic E-state index is 0.0520. The van der Waals surface area contributed by atoms with E-state index in [4.69, 9.17) is 9.15 Å². The van der Waals surface area contributed by atoms with Crippen molar-refractivity contribution in [2.45, 2.75) is 31.4 Å². The van der Waals surface area contributed by atoms with E-state index in [0.29, 0.717) is 23.7 Å². The number of ether oxygens (including phenoxy) is 1. The lowest BCUT2D eigenvalue weighted by Crippen LogP contribution is -2.41. The lowest BCUT2D eigenvalue weighted by molar-refractivity contribution is -0.117. The molecule has 1 amide bonds. The highest BCUT2D eigenvalue weighted by Crippen LogP contribution is 2.35. The summed E-state index contributed by atoms with van der Waals surface area (Å²) >= 11 is 0. The van der Waals surface area contributed by atoms with Crippen LogP contribution in [0.15, 0.2) is 45.9 Å². The number of nitrogens with zero attached hydrogens (tertiary/aromatic N) is 1. The third-order valence-electron chi connectivity index (χ3n) is 3.70. The third-order valence-corrected chi connectivity index (χ3v) is 5.09. The number of hydrogen-bond donors (Lipinski definition) is 1. The fourth-order valence-corrected chi connectivity index (χ4v) is 3.56. The van der Waals surface area contributed by atoms with Crippen molar-refractivity contribution in [2.75, 3.05) is 11.4 Å². The van der Waals surface area contributed by atoms with E-state index in [1.807, 2.05) is 6.92 Å². The number of fused-ring (bicyclic) bond motifs is 1. The number of carbonyl (C=O) groups excluding carboxylic acids is 1. The van der Waals surface area contributed by atoms with Gasteiger partial charge in [-0.2, -0.15) is 0 Å². The molecule has 1 aliphatic rings. The number of anilines is 1. The molecule has 1 N–H and O–H groups in total. The summed E-state index contributed by atoms with van der Waals surface area (Å²) in [4.78, 5) is 13.4. The Kier molecular flexibility index (Phi) is 4.33. The van der Waals surface area contributed by atoms with Gasteiger partial charge in [0.05, 0.1) is 29.9 Å². The topological polar surface area (TPSA) is 88.8 Å². The Hall–Kier alpha value is -2.32. The molecule has 1 aromatic carbocycles. The lowest BCUT2D eigenvalue weighted by atomic mass is 10.2. The maximum atomic E-state index is 12.5. The van der Waals surface area contributed by atoms with E-state index >= 15 is 0 Å². The first kappa shape index (κ1) is 16.5. The average molecular weight is 350 g/mol. The Morgan fingerprint density at radius 3 is 2.83 bits per heavy atom. The predicted octanol–water partition coefficient (Wildman–Crippen LogP) is 1.89. The molecule has 0 fully saturated rings. The zero-order valence-corrected chi connectivity index (χ0v) is 14.2. The Labute approximate surface area is 140 Å². The van der Waals surface area contributed by atoms with Crippen LogP contribution < -0.4 is 14.4 Å². The largest absolute Gasteiger partial charge is 0.487 e. The molecule has 7 nitrogen and oxygen atoms in total. The molecule has 128 valence electrons. The van der Waals surface area contributed by atoms with Crippen LogP contribution in [0.4, 0.5) is 5.69 Å². The van der Waals surface area contributed by atoms with Crippen LogP contribution in [0, 0.1) is 0 Å². The molecule has 0 saturated heterocycles. The van der Waals surface area contributed by atoms with Gasteiger partial charge < -0.3 is 14.1 Å². The molecule has 0 spiro atoms. The Morgan fingerprint density at radius 2 is 2.17 bits per heavy atom. The Balaban J connectivity index is 1.89. The van der Waals surface area contributed by atoms with Crippen LogP contribution in [0.1, 0.15) is 19.6 Å². The van der Waals surface area contributed by atoms with E-state index in [9.17, 15) is 13.2 Å².